The summed E-state index contributed by atoms with van der Waals surface area (Å²) >= 11 is 0. The molecule has 0 saturated carbocycles. The third-order valence-corrected chi connectivity index (χ3v) is 3.86. The Morgan fingerprint density at radius 2 is 1.93 bits per heavy atom. The number of carbonyl (C=O) groups is 1. The second-order valence-corrected chi connectivity index (χ2v) is 5.93. The van der Waals surface area contributed by atoms with Gasteiger partial charge in [0.2, 0.25) is 5.91 Å². The normalized spacial score (nSPS) is 10.6. The molecule has 1 heterocycles. The smallest absolute Gasteiger partial charge is 0.225 e. The molecule has 1 aromatic heterocycles. The molecule has 0 unspecified atom stereocenters. The Morgan fingerprint density at radius 3 is 2.70 bits per heavy atom. The summed E-state index contributed by atoms with van der Waals surface area (Å²) in [5.41, 5.74) is 1.08. The standard InChI is InChI=1S/C20H19F2N3O2/c21-16-8-9-18(17(22)13-16)27-12-4-7-20(26)24-19-10-11-23-25(19)14-15-5-2-1-3-6-15/h1-3,5-6,8-11,13H,4,7,12,14H2,(H,24,26). The molecular formula is C20H19F2N3O2. The maximum Gasteiger partial charge on any atom is 0.225 e. The molecule has 0 bridgehead atoms. The van der Waals surface area contributed by atoms with Crippen molar-refractivity contribution in [3.63, 3.8) is 0 Å². The molecule has 0 fully saturated rings. The van der Waals surface area contributed by atoms with E-state index < -0.39 is 11.6 Å². The molecule has 0 aliphatic rings. The Morgan fingerprint density at radius 1 is 1.11 bits per heavy atom. The number of hydrogen-bond acceptors (Lipinski definition) is 3. The molecule has 1 amide bonds. The van der Waals surface area contributed by atoms with Crippen molar-refractivity contribution in [3.05, 3.63) is 78.0 Å². The summed E-state index contributed by atoms with van der Waals surface area (Å²) in [6, 6.07) is 14.6. The molecule has 0 aliphatic heterocycles. The molecule has 5 nitrogen and oxygen atoms in total. The van der Waals surface area contributed by atoms with E-state index in [9.17, 15) is 13.6 Å². The number of ether oxygens (including phenoxy) is 1. The van der Waals surface area contributed by atoms with E-state index in [1.165, 1.54) is 6.07 Å². The van der Waals surface area contributed by atoms with Crippen LogP contribution in [0.15, 0.2) is 60.8 Å². The van der Waals surface area contributed by atoms with Gasteiger partial charge in [-0.25, -0.2) is 13.5 Å². The monoisotopic (exact) mass is 371 g/mol. The van der Waals surface area contributed by atoms with Crippen molar-refractivity contribution in [1.82, 2.24) is 9.78 Å². The predicted molar refractivity (Wildman–Crippen MR) is 97.5 cm³/mol. The average Bonchev–Trinajstić information content (AvgIpc) is 3.07. The topological polar surface area (TPSA) is 56.1 Å². The van der Waals surface area contributed by atoms with Crippen LogP contribution in [0.2, 0.25) is 0 Å². The number of rotatable bonds is 8. The van der Waals surface area contributed by atoms with Crippen LogP contribution in [0.3, 0.4) is 0 Å². The number of anilines is 1. The Bertz CT molecular complexity index is 897. The fourth-order valence-corrected chi connectivity index (χ4v) is 2.53. The van der Waals surface area contributed by atoms with Gasteiger partial charge in [-0.2, -0.15) is 5.10 Å². The van der Waals surface area contributed by atoms with Gasteiger partial charge in [0.25, 0.3) is 0 Å². The van der Waals surface area contributed by atoms with Gasteiger partial charge in [-0.15, -0.1) is 0 Å². The predicted octanol–water partition coefficient (Wildman–Crippen LogP) is 4.01. The van der Waals surface area contributed by atoms with Crippen LogP contribution in [0.5, 0.6) is 5.75 Å². The molecule has 1 N–H and O–H groups in total. The Kier molecular flexibility index (Phi) is 6.14. The molecule has 140 valence electrons. The quantitative estimate of drug-likeness (QED) is 0.609. The molecule has 0 radical (unpaired) electrons. The molecule has 3 aromatic rings. The zero-order valence-electron chi connectivity index (χ0n) is 14.6. The summed E-state index contributed by atoms with van der Waals surface area (Å²) in [6.07, 6.45) is 2.23. The minimum atomic E-state index is -0.760. The summed E-state index contributed by atoms with van der Waals surface area (Å²) < 4.78 is 33.2. The number of nitrogens with one attached hydrogen (secondary N) is 1. The highest BCUT2D eigenvalue weighted by molar-refractivity contribution is 5.89. The first-order valence-electron chi connectivity index (χ1n) is 8.55. The van der Waals surface area contributed by atoms with Gasteiger partial charge in [0.15, 0.2) is 11.6 Å². The molecule has 0 saturated heterocycles. The molecule has 0 spiro atoms. The van der Waals surface area contributed by atoms with Crippen LogP contribution < -0.4 is 10.1 Å². The van der Waals surface area contributed by atoms with Gasteiger partial charge in [0.1, 0.15) is 11.6 Å². The Labute approximate surface area is 155 Å². The van der Waals surface area contributed by atoms with Crippen molar-refractivity contribution < 1.29 is 18.3 Å². The third kappa shape index (κ3) is 5.37. The lowest BCUT2D eigenvalue weighted by Gasteiger charge is -2.10. The molecule has 2 aromatic carbocycles. The Balaban J connectivity index is 1.45. The van der Waals surface area contributed by atoms with Crippen LogP contribution in [0.1, 0.15) is 18.4 Å². The van der Waals surface area contributed by atoms with Crippen molar-refractivity contribution in [2.24, 2.45) is 0 Å². The zero-order chi connectivity index (χ0) is 19.1. The summed E-state index contributed by atoms with van der Waals surface area (Å²) in [4.78, 5) is 12.1. The molecule has 0 aliphatic carbocycles. The van der Waals surface area contributed by atoms with Crippen molar-refractivity contribution in [2.75, 3.05) is 11.9 Å². The van der Waals surface area contributed by atoms with E-state index in [2.05, 4.69) is 10.4 Å². The molecule has 7 heteroatoms. The lowest BCUT2D eigenvalue weighted by atomic mass is 10.2. The second-order valence-electron chi connectivity index (χ2n) is 5.93. The minimum Gasteiger partial charge on any atom is -0.491 e. The number of carbonyl (C=O) groups excluding carboxylic acids is 1. The highest BCUT2D eigenvalue weighted by Gasteiger charge is 2.09. The van der Waals surface area contributed by atoms with Crippen LogP contribution in [-0.2, 0) is 11.3 Å². The SMILES string of the molecule is O=C(CCCOc1ccc(F)cc1F)Nc1ccnn1Cc1ccccc1. The van der Waals surface area contributed by atoms with E-state index in [1.807, 2.05) is 30.3 Å². The van der Waals surface area contributed by atoms with Crippen LogP contribution in [0.4, 0.5) is 14.6 Å². The summed E-state index contributed by atoms with van der Waals surface area (Å²) in [5.74, 6) is -1.03. The molecule has 3 rings (SSSR count). The fraction of sp³-hybridized carbons (Fsp3) is 0.200. The summed E-state index contributed by atoms with van der Waals surface area (Å²) in [6.45, 7) is 0.704. The first-order chi connectivity index (χ1) is 13.1. The fourth-order valence-electron chi connectivity index (χ4n) is 2.53. The van der Waals surface area contributed by atoms with Crippen LogP contribution in [0, 0.1) is 11.6 Å². The highest BCUT2D eigenvalue weighted by Crippen LogP contribution is 2.18. The second kappa shape index (κ2) is 8.93. The van der Waals surface area contributed by atoms with E-state index >= 15 is 0 Å². The minimum absolute atomic E-state index is 0.0299. The zero-order valence-corrected chi connectivity index (χ0v) is 14.6. The molecule has 0 atom stereocenters. The van der Waals surface area contributed by atoms with Crippen LogP contribution in [0.25, 0.3) is 0 Å². The van der Waals surface area contributed by atoms with Gasteiger partial charge >= 0.3 is 0 Å². The number of halogens is 2. The average molecular weight is 371 g/mol. The van der Waals surface area contributed by atoms with Crippen LogP contribution >= 0.6 is 0 Å². The highest BCUT2D eigenvalue weighted by atomic mass is 19.1. The van der Waals surface area contributed by atoms with Gasteiger partial charge in [-0.3, -0.25) is 4.79 Å². The van der Waals surface area contributed by atoms with Crippen LogP contribution in [-0.4, -0.2) is 22.3 Å². The van der Waals surface area contributed by atoms with E-state index in [0.29, 0.717) is 18.8 Å². The number of aromatic nitrogens is 2. The molecule has 27 heavy (non-hydrogen) atoms. The van der Waals surface area contributed by atoms with Crippen molar-refractivity contribution in [2.45, 2.75) is 19.4 Å². The van der Waals surface area contributed by atoms with Crippen molar-refractivity contribution in [3.8, 4) is 5.75 Å². The maximum absolute atomic E-state index is 13.5. The number of amides is 1. The third-order valence-electron chi connectivity index (χ3n) is 3.86. The van der Waals surface area contributed by atoms with E-state index in [-0.39, 0.29) is 24.7 Å². The number of benzene rings is 2. The van der Waals surface area contributed by atoms with Gasteiger partial charge in [-0.05, 0) is 24.1 Å². The van der Waals surface area contributed by atoms with Gasteiger partial charge in [0, 0.05) is 18.6 Å². The van der Waals surface area contributed by atoms with E-state index in [0.717, 1.165) is 17.7 Å². The summed E-state index contributed by atoms with van der Waals surface area (Å²) in [5, 5.41) is 7.03. The first-order valence-corrected chi connectivity index (χ1v) is 8.55. The maximum atomic E-state index is 13.5. The Hall–Kier alpha value is -3.22. The number of nitrogens with zero attached hydrogens (tertiary/aromatic N) is 2. The van der Waals surface area contributed by atoms with Gasteiger partial charge < -0.3 is 10.1 Å². The van der Waals surface area contributed by atoms with Gasteiger partial charge in [-0.1, -0.05) is 30.3 Å². The van der Waals surface area contributed by atoms with Gasteiger partial charge in [0.05, 0.1) is 19.3 Å². The first kappa shape index (κ1) is 18.6. The lowest BCUT2D eigenvalue weighted by Crippen LogP contribution is -2.16. The number of hydrogen-bond donors (Lipinski definition) is 1. The lowest BCUT2D eigenvalue weighted by molar-refractivity contribution is -0.116. The molecular weight excluding hydrogens is 352 g/mol. The largest absolute Gasteiger partial charge is 0.491 e. The van der Waals surface area contributed by atoms with Crippen molar-refractivity contribution in [1.29, 1.82) is 0 Å². The van der Waals surface area contributed by atoms with Crippen molar-refractivity contribution >= 4 is 11.7 Å². The van der Waals surface area contributed by atoms with E-state index in [4.69, 9.17) is 4.74 Å². The van der Waals surface area contributed by atoms with E-state index in [1.54, 1.807) is 16.9 Å². The summed E-state index contributed by atoms with van der Waals surface area (Å²) in [7, 11) is 0.